The Kier molecular flexibility index (Phi) is 2.96. The van der Waals surface area contributed by atoms with Gasteiger partial charge in [-0.05, 0) is 41.5 Å². The van der Waals surface area contributed by atoms with Gasteiger partial charge in [-0.3, -0.25) is 4.79 Å². The molecule has 2 atom stereocenters. The highest BCUT2D eigenvalue weighted by Crippen LogP contribution is 2.63. The van der Waals surface area contributed by atoms with Gasteiger partial charge in [0.05, 0.1) is 0 Å². The van der Waals surface area contributed by atoms with Crippen molar-refractivity contribution in [3.8, 4) is 0 Å². The highest BCUT2D eigenvalue weighted by atomic mass is 16.1. The Morgan fingerprint density at radius 2 is 1.94 bits per heavy atom. The van der Waals surface area contributed by atoms with Gasteiger partial charge in [-0.1, -0.05) is 26.0 Å². The van der Waals surface area contributed by atoms with E-state index in [0.717, 1.165) is 12.2 Å². The van der Waals surface area contributed by atoms with Gasteiger partial charge in [-0.15, -0.1) is 0 Å². The smallest absolute Gasteiger partial charge is 0.221 e. The molecule has 0 unspecified atom stereocenters. The summed E-state index contributed by atoms with van der Waals surface area (Å²) < 4.78 is 0. The third-order valence-corrected chi connectivity index (χ3v) is 3.89. The summed E-state index contributed by atoms with van der Waals surface area (Å²) in [6.07, 6.45) is 0. The van der Waals surface area contributed by atoms with Crippen molar-refractivity contribution in [1.82, 2.24) is 0 Å². The van der Waals surface area contributed by atoms with Crippen LogP contribution in [0.15, 0.2) is 24.3 Å². The van der Waals surface area contributed by atoms with Gasteiger partial charge in [0.15, 0.2) is 0 Å². The molecule has 1 aromatic rings. The van der Waals surface area contributed by atoms with E-state index >= 15 is 0 Å². The number of benzene rings is 1. The minimum atomic E-state index is -0.0377. The van der Waals surface area contributed by atoms with E-state index < -0.39 is 0 Å². The summed E-state index contributed by atoms with van der Waals surface area (Å²) in [7, 11) is 0. The largest absolute Gasteiger partial charge is 0.330 e. The zero-order valence-electron chi connectivity index (χ0n) is 10.7. The third kappa shape index (κ3) is 2.20. The van der Waals surface area contributed by atoms with E-state index in [4.69, 9.17) is 5.73 Å². The standard InChI is InChI=1S/C14H20N2O/c1-9(17)16-11-6-4-10(5-7-11)13-12(8-15)14(13,2)3/h4-7,12-13H,8,15H2,1-3H3,(H,16,17)/t12-,13-/m1/s1. The fourth-order valence-electron chi connectivity index (χ4n) is 2.82. The van der Waals surface area contributed by atoms with E-state index in [1.54, 1.807) is 0 Å². The molecule has 1 saturated carbocycles. The topological polar surface area (TPSA) is 55.1 Å². The van der Waals surface area contributed by atoms with Crippen LogP contribution in [0.1, 0.15) is 32.3 Å². The maximum absolute atomic E-state index is 10.9. The molecule has 0 spiro atoms. The van der Waals surface area contributed by atoms with Gasteiger partial charge in [0.1, 0.15) is 0 Å². The number of nitrogens with two attached hydrogens (primary N) is 1. The summed E-state index contributed by atoms with van der Waals surface area (Å²) in [4.78, 5) is 10.9. The van der Waals surface area contributed by atoms with Crippen LogP contribution in [0.2, 0.25) is 0 Å². The maximum Gasteiger partial charge on any atom is 0.221 e. The van der Waals surface area contributed by atoms with Gasteiger partial charge >= 0.3 is 0 Å². The first-order valence-corrected chi connectivity index (χ1v) is 6.04. The number of hydrogen-bond acceptors (Lipinski definition) is 2. The van der Waals surface area contributed by atoms with E-state index in [0.29, 0.717) is 17.3 Å². The summed E-state index contributed by atoms with van der Waals surface area (Å²) in [5, 5.41) is 2.77. The molecule has 3 heteroatoms. The Hall–Kier alpha value is -1.35. The molecule has 92 valence electrons. The monoisotopic (exact) mass is 232 g/mol. The zero-order chi connectivity index (χ0) is 12.6. The molecule has 0 radical (unpaired) electrons. The zero-order valence-corrected chi connectivity index (χ0v) is 10.7. The summed E-state index contributed by atoms with van der Waals surface area (Å²) in [5.74, 6) is 1.09. The van der Waals surface area contributed by atoms with Crippen LogP contribution in [0.25, 0.3) is 0 Å². The minimum absolute atomic E-state index is 0.0377. The van der Waals surface area contributed by atoms with Crippen molar-refractivity contribution >= 4 is 11.6 Å². The third-order valence-electron chi connectivity index (χ3n) is 3.89. The molecule has 17 heavy (non-hydrogen) atoms. The van der Waals surface area contributed by atoms with Gasteiger partial charge in [0, 0.05) is 12.6 Å². The first-order valence-electron chi connectivity index (χ1n) is 6.04. The van der Waals surface area contributed by atoms with Crippen molar-refractivity contribution in [2.24, 2.45) is 17.1 Å². The van der Waals surface area contributed by atoms with Crippen molar-refractivity contribution < 1.29 is 4.79 Å². The van der Waals surface area contributed by atoms with Gasteiger partial charge in [-0.2, -0.15) is 0 Å². The van der Waals surface area contributed by atoms with Crippen LogP contribution in [-0.4, -0.2) is 12.5 Å². The summed E-state index contributed by atoms with van der Waals surface area (Å²) >= 11 is 0. The van der Waals surface area contributed by atoms with Crippen molar-refractivity contribution in [2.45, 2.75) is 26.7 Å². The predicted molar refractivity (Wildman–Crippen MR) is 69.8 cm³/mol. The molecule has 1 fully saturated rings. The highest BCUT2D eigenvalue weighted by molar-refractivity contribution is 5.88. The molecule has 2 rings (SSSR count). The van der Waals surface area contributed by atoms with Crippen LogP contribution in [-0.2, 0) is 4.79 Å². The summed E-state index contributed by atoms with van der Waals surface area (Å²) in [6, 6.07) is 8.10. The SMILES string of the molecule is CC(=O)Nc1ccc([C@@H]2[C@@H](CN)C2(C)C)cc1. The summed E-state index contributed by atoms with van der Waals surface area (Å²) in [5.41, 5.74) is 8.26. The van der Waals surface area contributed by atoms with Crippen LogP contribution >= 0.6 is 0 Å². The van der Waals surface area contributed by atoms with Crippen LogP contribution in [0.4, 0.5) is 5.69 Å². The average molecular weight is 232 g/mol. The number of carbonyl (C=O) groups excluding carboxylic acids is 1. The lowest BCUT2D eigenvalue weighted by Crippen LogP contribution is -2.05. The van der Waals surface area contributed by atoms with Gasteiger partial charge in [0.2, 0.25) is 5.91 Å². The molecular weight excluding hydrogens is 212 g/mol. The van der Waals surface area contributed by atoms with Gasteiger partial charge in [-0.25, -0.2) is 0 Å². The normalized spacial score (nSPS) is 25.4. The molecule has 0 aromatic heterocycles. The number of nitrogens with one attached hydrogen (secondary N) is 1. The lowest BCUT2D eigenvalue weighted by Gasteiger charge is -2.05. The fraction of sp³-hybridized carbons (Fsp3) is 0.500. The second kappa shape index (κ2) is 4.15. The quantitative estimate of drug-likeness (QED) is 0.840. The number of hydrogen-bond donors (Lipinski definition) is 2. The Bertz CT molecular complexity index is 422. The average Bonchev–Trinajstić information content (AvgIpc) is 2.81. The molecule has 1 aliphatic carbocycles. The summed E-state index contributed by atoms with van der Waals surface area (Å²) in [6.45, 7) is 6.78. The molecule has 0 bridgehead atoms. The van der Waals surface area contributed by atoms with E-state index in [1.165, 1.54) is 12.5 Å². The minimum Gasteiger partial charge on any atom is -0.330 e. The van der Waals surface area contributed by atoms with Crippen molar-refractivity contribution in [3.05, 3.63) is 29.8 Å². The second-order valence-electron chi connectivity index (χ2n) is 5.44. The lowest BCUT2D eigenvalue weighted by molar-refractivity contribution is -0.114. The molecule has 0 saturated heterocycles. The lowest BCUT2D eigenvalue weighted by atomic mass is 10.0. The number of anilines is 1. The Balaban J connectivity index is 2.12. The van der Waals surface area contributed by atoms with Crippen molar-refractivity contribution in [2.75, 3.05) is 11.9 Å². The van der Waals surface area contributed by atoms with E-state index in [9.17, 15) is 4.79 Å². The van der Waals surface area contributed by atoms with E-state index in [1.807, 2.05) is 12.1 Å². The molecule has 0 heterocycles. The van der Waals surface area contributed by atoms with Crippen LogP contribution in [0.3, 0.4) is 0 Å². The molecule has 1 aliphatic rings. The number of rotatable bonds is 3. The second-order valence-corrected chi connectivity index (χ2v) is 5.44. The number of carbonyl (C=O) groups is 1. The molecular formula is C14H20N2O. The Labute approximate surface area is 102 Å². The van der Waals surface area contributed by atoms with E-state index in [2.05, 4.69) is 31.3 Å². The maximum atomic E-state index is 10.9. The van der Waals surface area contributed by atoms with Crippen LogP contribution in [0, 0.1) is 11.3 Å². The Morgan fingerprint density at radius 1 is 1.35 bits per heavy atom. The first kappa shape index (κ1) is 12.1. The molecule has 1 aromatic carbocycles. The van der Waals surface area contributed by atoms with Gasteiger partial charge < -0.3 is 11.1 Å². The number of amides is 1. The molecule has 3 N–H and O–H groups in total. The predicted octanol–water partition coefficient (Wildman–Crippen LogP) is 2.34. The van der Waals surface area contributed by atoms with Crippen molar-refractivity contribution in [3.63, 3.8) is 0 Å². The van der Waals surface area contributed by atoms with E-state index in [-0.39, 0.29) is 5.91 Å². The first-order chi connectivity index (χ1) is 7.96. The fourth-order valence-corrected chi connectivity index (χ4v) is 2.82. The highest BCUT2D eigenvalue weighted by Gasteiger charge is 2.56. The molecule has 3 nitrogen and oxygen atoms in total. The van der Waals surface area contributed by atoms with Crippen LogP contribution in [0.5, 0.6) is 0 Å². The Morgan fingerprint density at radius 3 is 2.35 bits per heavy atom. The molecule has 0 aliphatic heterocycles. The van der Waals surface area contributed by atoms with Crippen molar-refractivity contribution in [1.29, 1.82) is 0 Å². The molecule has 1 amide bonds. The van der Waals surface area contributed by atoms with Crippen LogP contribution < -0.4 is 11.1 Å². The van der Waals surface area contributed by atoms with Gasteiger partial charge in [0.25, 0.3) is 0 Å².